The highest BCUT2D eigenvalue weighted by Crippen LogP contribution is 2.30. The third kappa shape index (κ3) is 20.2. The Morgan fingerprint density at radius 3 is 0.797 bits per heavy atom. The third-order valence-corrected chi connectivity index (χ3v) is 12.5. The second-order valence-corrected chi connectivity index (χ2v) is 18.7. The monoisotopic (exact) mass is 1010 g/mol. The average Bonchev–Trinajstić information content (AvgIpc) is 3.40. The van der Waals surface area contributed by atoms with Gasteiger partial charge in [-0.15, -0.1) is 0 Å². The lowest BCUT2D eigenvalue weighted by molar-refractivity contribution is 0.00546. The van der Waals surface area contributed by atoms with Crippen molar-refractivity contribution in [1.29, 1.82) is 0 Å². The lowest BCUT2D eigenvalue weighted by Crippen LogP contribution is -2.29. The summed E-state index contributed by atoms with van der Waals surface area (Å²) in [7, 11) is 0. The molecule has 16 heteroatoms. The number of ether oxygens (including phenoxy) is 6. The summed E-state index contributed by atoms with van der Waals surface area (Å²) in [6.45, 7) is 16.5. The topological polar surface area (TPSA) is 160 Å². The van der Waals surface area contributed by atoms with Gasteiger partial charge in [0.15, 0.2) is 0 Å². The molecule has 7 rings (SSSR count). The van der Waals surface area contributed by atoms with E-state index in [-0.39, 0.29) is 11.5 Å². The number of aryl methyl sites for hydroxylation is 2. The Bertz CT molecular complexity index is 2150. The molecule has 5 heterocycles. The van der Waals surface area contributed by atoms with Gasteiger partial charge in [-0.1, -0.05) is 59.7 Å². The quantitative estimate of drug-likeness (QED) is 0.159. The summed E-state index contributed by atoms with van der Waals surface area (Å²) in [6.07, 6.45) is 7.23. The molecule has 0 atom stereocenters. The number of aromatic hydroxyl groups is 2. The fourth-order valence-corrected chi connectivity index (χ4v) is 8.91. The fraction of sp³-hybridized carbons (Fsp3) is 0.448. The average molecular weight is 1010 g/mol. The first kappa shape index (κ1) is 56.0. The number of pyridine rings is 4. The van der Waals surface area contributed by atoms with Crippen LogP contribution in [0.25, 0.3) is 0 Å². The van der Waals surface area contributed by atoms with Crippen LogP contribution in [0.3, 0.4) is 0 Å². The van der Waals surface area contributed by atoms with E-state index >= 15 is 0 Å². The zero-order valence-electron chi connectivity index (χ0n) is 43.4. The van der Waals surface area contributed by atoms with Crippen molar-refractivity contribution >= 4 is 0 Å². The minimum atomic E-state index is 0.287. The molecule has 0 saturated carbocycles. The standard InChI is InChI=1S/C58H76N8O8/c1-47-35-49-39-63(43-53-11-3-7-15-59-53)19-23-69-27-31-73-33-29-71-25-21-65(45-55-13-5-9-17-61-55)41-51-37-48(2)38-52(58(51)68)42-66(46-56-14-6-10-18-62-56)22-26-72-30-34-74-32-28-70-24-20-64(40-50(36-47)57(49)67)44-54-12-4-8-16-60-54/h3-18,35-38,67-68H,19-34,39-46H2,1-2H3. The van der Waals surface area contributed by atoms with Gasteiger partial charge in [0.25, 0.3) is 0 Å². The normalized spacial score (nSPS) is 17.6. The summed E-state index contributed by atoms with van der Waals surface area (Å²) in [4.78, 5) is 27.4. The lowest BCUT2D eigenvalue weighted by Gasteiger charge is -2.26. The Morgan fingerprint density at radius 1 is 0.351 bits per heavy atom. The van der Waals surface area contributed by atoms with E-state index in [9.17, 15) is 10.2 Å². The second kappa shape index (κ2) is 31.9. The number of hydrogen-bond donors (Lipinski definition) is 2. The van der Waals surface area contributed by atoms with E-state index in [2.05, 4.69) is 77.6 Å². The van der Waals surface area contributed by atoms with Crippen LogP contribution in [0.2, 0.25) is 0 Å². The van der Waals surface area contributed by atoms with Crippen molar-refractivity contribution in [3.05, 3.63) is 178 Å². The van der Waals surface area contributed by atoms with Crippen LogP contribution < -0.4 is 0 Å². The van der Waals surface area contributed by atoms with Gasteiger partial charge in [0.05, 0.1) is 102 Å². The molecule has 0 fully saturated rings. The molecule has 6 aromatic rings. The van der Waals surface area contributed by atoms with Crippen molar-refractivity contribution in [3.8, 4) is 11.5 Å². The van der Waals surface area contributed by atoms with Crippen LogP contribution in [0.5, 0.6) is 11.5 Å². The van der Waals surface area contributed by atoms with Crippen LogP contribution in [0, 0.1) is 13.8 Å². The number of aromatic nitrogens is 4. The van der Waals surface area contributed by atoms with Crippen molar-refractivity contribution in [3.63, 3.8) is 0 Å². The molecule has 74 heavy (non-hydrogen) atoms. The van der Waals surface area contributed by atoms with E-state index in [1.54, 1.807) is 24.8 Å². The first-order valence-electron chi connectivity index (χ1n) is 25.9. The number of rotatable bonds is 8. The predicted molar refractivity (Wildman–Crippen MR) is 284 cm³/mol. The molecular formula is C58H76N8O8. The van der Waals surface area contributed by atoms with Crippen LogP contribution in [0.15, 0.2) is 122 Å². The zero-order valence-corrected chi connectivity index (χ0v) is 43.4. The molecule has 1 aliphatic heterocycles. The molecule has 0 radical (unpaired) electrons. The summed E-state index contributed by atoms with van der Waals surface area (Å²) < 4.78 is 36.2. The molecule has 16 nitrogen and oxygen atoms in total. The van der Waals surface area contributed by atoms with Crippen molar-refractivity contribution in [2.45, 2.75) is 66.2 Å². The molecule has 0 saturated heterocycles. The Labute approximate surface area is 437 Å². The van der Waals surface area contributed by atoms with Gasteiger partial charge in [0, 0.05) is 126 Å². The van der Waals surface area contributed by atoms with E-state index in [4.69, 9.17) is 28.4 Å². The van der Waals surface area contributed by atoms with Crippen molar-refractivity contribution in [2.24, 2.45) is 0 Å². The first-order chi connectivity index (χ1) is 36.3. The summed E-state index contributed by atoms with van der Waals surface area (Å²) in [6, 6.07) is 32.0. The third-order valence-electron chi connectivity index (χ3n) is 12.5. The number of nitrogens with zero attached hydrogens (tertiary/aromatic N) is 8. The van der Waals surface area contributed by atoms with Gasteiger partial charge in [-0.2, -0.15) is 0 Å². The lowest BCUT2D eigenvalue weighted by atomic mass is 10.0. The van der Waals surface area contributed by atoms with E-state index in [0.717, 1.165) is 56.2 Å². The molecule has 0 aliphatic carbocycles. The number of hydrogen-bond acceptors (Lipinski definition) is 16. The minimum Gasteiger partial charge on any atom is -0.507 e. The van der Waals surface area contributed by atoms with Gasteiger partial charge in [-0.3, -0.25) is 39.5 Å². The Hall–Kier alpha value is -5.76. The van der Waals surface area contributed by atoms with E-state index in [1.807, 2.05) is 72.8 Å². The van der Waals surface area contributed by atoms with E-state index < -0.39 is 0 Å². The molecule has 1 aliphatic rings. The highest BCUT2D eigenvalue weighted by molar-refractivity contribution is 5.44. The number of phenols is 2. The Kier molecular flexibility index (Phi) is 24.1. The molecule has 0 amide bonds. The molecule has 4 aromatic heterocycles. The molecular weight excluding hydrogens is 937 g/mol. The van der Waals surface area contributed by atoms with Crippen LogP contribution in [-0.4, -0.2) is 155 Å². The van der Waals surface area contributed by atoms with Crippen LogP contribution in [0.1, 0.15) is 56.2 Å². The smallest absolute Gasteiger partial charge is 0.124 e. The van der Waals surface area contributed by atoms with Crippen molar-refractivity contribution in [1.82, 2.24) is 39.5 Å². The van der Waals surface area contributed by atoms with Gasteiger partial charge >= 0.3 is 0 Å². The van der Waals surface area contributed by atoms with Gasteiger partial charge in [0.2, 0.25) is 0 Å². The fourth-order valence-electron chi connectivity index (χ4n) is 8.91. The number of benzene rings is 2. The maximum absolute atomic E-state index is 11.9. The first-order valence-corrected chi connectivity index (χ1v) is 25.9. The Morgan fingerprint density at radius 2 is 0.581 bits per heavy atom. The number of fused-ring (bicyclic) bond motifs is 4. The van der Waals surface area contributed by atoms with Crippen LogP contribution >= 0.6 is 0 Å². The van der Waals surface area contributed by atoms with Gasteiger partial charge in [-0.05, 0) is 62.4 Å². The zero-order chi connectivity index (χ0) is 51.4. The molecule has 396 valence electrons. The molecule has 0 unspecified atom stereocenters. The summed E-state index contributed by atoms with van der Waals surface area (Å²) >= 11 is 0. The van der Waals surface area contributed by atoms with E-state index in [0.29, 0.717) is 158 Å². The molecule has 2 aromatic carbocycles. The van der Waals surface area contributed by atoms with Gasteiger partial charge < -0.3 is 38.6 Å². The predicted octanol–water partition coefficient (Wildman–Crippen LogP) is 7.12. The van der Waals surface area contributed by atoms with Crippen molar-refractivity contribution < 1.29 is 38.6 Å². The summed E-state index contributed by atoms with van der Waals surface area (Å²) in [5.74, 6) is 0.573. The highest BCUT2D eigenvalue weighted by Gasteiger charge is 2.20. The summed E-state index contributed by atoms with van der Waals surface area (Å²) in [5, 5.41) is 23.8. The molecule has 4 bridgehead atoms. The van der Waals surface area contributed by atoms with E-state index in [1.165, 1.54) is 0 Å². The number of phenolic OH excluding ortho intramolecular Hbond substituents is 2. The second-order valence-electron chi connectivity index (χ2n) is 18.7. The largest absolute Gasteiger partial charge is 0.507 e. The summed E-state index contributed by atoms with van der Waals surface area (Å²) in [5.41, 5.74) is 9.30. The minimum absolute atomic E-state index is 0.287. The maximum atomic E-state index is 11.9. The van der Waals surface area contributed by atoms with Crippen LogP contribution in [-0.2, 0) is 80.8 Å². The highest BCUT2D eigenvalue weighted by atomic mass is 16.5. The van der Waals surface area contributed by atoms with Crippen molar-refractivity contribution in [2.75, 3.05) is 105 Å². The Balaban J connectivity index is 1.02. The van der Waals surface area contributed by atoms with Gasteiger partial charge in [-0.25, -0.2) is 0 Å². The van der Waals surface area contributed by atoms with Crippen LogP contribution in [0.4, 0.5) is 0 Å². The molecule has 0 spiro atoms. The maximum Gasteiger partial charge on any atom is 0.124 e. The molecule has 2 N–H and O–H groups in total. The van der Waals surface area contributed by atoms with Gasteiger partial charge in [0.1, 0.15) is 11.5 Å². The SMILES string of the molecule is Cc1cc2c(O)c(c1)CN(Cc1ccccn1)CCOCCOCCOCCN(Cc1ccccn1)Cc1cc(C)cc(c1O)CN(Cc1ccccn1)CCOCCOCCOCCN(Cc1ccccn1)C2.